The summed E-state index contributed by atoms with van der Waals surface area (Å²) in [6.07, 6.45) is 5.18. The Hall–Kier alpha value is 0.580. The fourth-order valence-electron chi connectivity index (χ4n) is 2.75. The molecule has 22 heavy (non-hydrogen) atoms. The fraction of sp³-hybridized carbons (Fsp3) is 1.00. The van der Waals surface area contributed by atoms with E-state index in [1.807, 2.05) is 0 Å². The summed E-state index contributed by atoms with van der Waals surface area (Å²) >= 11 is 9.54. The topological polar surface area (TPSA) is 41.3 Å². The summed E-state index contributed by atoms with van der Waals surface area (Å²) in [5, 5.41) is 3.62. The quantitative estimate of drug-likeness (QED) is 0.305. The van der Waals surface area contributed by atoms with Gasteiger partial charge in [-0.2, -0.15) is 25.3 Å². The van der Waals surface area contributed by atoms with Crippen LogP contribution in [0, 0.1) is 0 Å². The molecule has 1 atom stereocenters. The van der Waals surface area contributed by atoms with Crippen molar-refractivity contribution in [1.29, 1.82) is 0 Å². The molecule has 0 amide bonds. The normalized spacial score (nSPS) is 14.6. The molecule has 0 spiro atoms. The molecule has 0 bridgehead atoms. The lowest BCUT2D eigenvalue weighted by Gasteiger charge is -2.42. The van der Waals surface area contributed by atoms with Crippen LogP contribution in [0.1, 0.15) is 60.3 Å². The highest BCUT2D eigenvalue weighted by molar-refractivity contribution is 7.82. The summed E-state index contributed by atoms with van der Waals surface area (Å²) in [6, 6.07) is 0.344. The Kier molecular flexibility index (Phi) is 11.5. The zero-order valence-electron chi connectivity index (χ0n) is 15.4. The monoisotopic (exact) mass is 349 g/mol. The Morgan fingerprint density at radius 2 is 1.73 bits per heavy atom. The molecule has 0 aliphatic carbocycles. The van der Waals surface area contributed by atoms with E-state index in [9.17, 15) is 0 Å². The Morgan fingerprint density at radius 3 is 2.18 bits per heavy atom. The van der Waals surface area contributed by atoms with E-state index in [0.29, 0.717) is 12.6 Å². The van der Waals surface area contributed by atoms with E-state index >= 15 is 0 Å². The third kappa shape index (κ3) is 11.2. The van der Waals surface area contributed by atoms with E-state index in [1.165, 1.54) is 25.7 Å². The number of nitrogens with one attached hydrogen (secondary N) is 1. The van der Waals surface area contributed by atoms with Gasteiger partial charge < -0.3 is 11.1 Å². The van der Waals surface area contributed by atoms with Gasteiger partial charge in [-0.05, 0) is 40.7 Å². The summed E-state index contributed by atoms with van der Waals surface area (Å²) in [5.74, 6) is 0. The highest BCUT2D eigenvalue weighted by Gasteiger charge is 2.32. The average molecular weight is 350 g/mol. The number of hydrogen-bond donors (Lipinski definition) is 4. The summed E-state index contributed by atoms with van der Waals surface area (Å²) in [5.41, 5.74) is 5.83. The van der Waals surface area contributed by atoms with Gasteiger partial charge in [-0.1, -0.05) is 26.2 Å². The largest absolute Gasteiger partial charge is 0.329 e. The van der Waals surface area contributed by atoms with Crippen LogP contribution in [-0.4, -0.2) is 53.2 Å². The van der Waals surface area contributed by atoms with Crippen LogP contribution in [0.15, 0.2) is 0 Å². The molecular weight excluding hydrogens is 310 g/mol. The molecule has 0 rings (SSSR count). The van der Waals surface area contributed by atoms with Crippen molar-refractivity contribution in [2.75, 3.05) is 32.7 Å². The predicted octanol–water partition coefficient (Wildman–Crippen LogP) is 3.20. The van der Waals surface area contributed by atoms with Crippen molar-refractivity contribution in [1.82, 2.24) is 10.2 Å². The van der Waals surface area contributed by atoms with E-state index in [2.05, 4.69) is 44.8 Å². The molecule has 0 aromatic carbocycles. The molecule has 0 heterocycles. The number of hydrogen-bond acceptors (Lipinski definition) is 5. The number of unbranched alkanes of at least 4 members (excludes halogenated alkanes) is 3. The molecule has 0 aromatic heterocycles. The second-order valence-electron chi connectivity index (χ2n) is 7.51. The molecular formula is C17H39N3S2. The average Bonchev–Trinajstić information content (AvgIpc) is 2.34. The zero-order valence-corrected chi connectivity index (χ0v) is 17.1. The van der Waals surface area contributed by atoms with Crippen LogP contribution < -0.4 is 11.1 Å². The molecule has 0 aliphatic heterocycles. The Morgan fingerprint density at radius 1 is 1.09 bits per heavy atom. The second-order valence-corrected chi connectivity index (χ2v) is 9.87. The van der Waals surface area contributed by atoms with Crippen LogP contribution in [0.25, 0.3) is 0 Å². The SMILES string of the molecule is CCCCCCNCC(N(CCN)CC(C)(C)S)C(C)(C)S. The van der Waals surface area contributed by atoms with Crippen LogP contribution in [0.5, 0.6) is 0 Å². The third-order valence-corrected chi connectivity index (χ3v) is 4.25. The highest BCUT2D eigenvalue weighted by Crippen LogP contribution is 2.25. The van der Waals surface area contributed by atoms with Gasteiger partial charge in [-0.25, -0.2) is 0 Å². The number of rotatable bonds is 13. The smallest absolute Gasteiger partial charge is 0.0360 e. The molecule has 0 saturated carbocycles. The van der Waals surface area contributed by atoms with Gasteiger partial charge in [-0.15, -0.1) is 0 Å². The number of nitrogens with zero attached hydrogens (tertiary/aromatic N) is 1. The zero-order chi connectivity index (χ0) is 17.2. The minimum atomic E-state index is -0.0788. The van der Waals surface area contributed by atoms with Crippen molar-refractivity contribution >= 4 is 25.3 Å². The van der Waals surface area contributed by atoms with Crippen molar-refractivity contribution in [2.45, 2.75) is 75.8 Å². The Balaban J connectivity index is 4.57. The summed E-state index contributed by atoms with van der Waals surface area (Å²) in [6.45, 7) is 15.4. The van der Waals surface area contributed by atoms with Gasteiger partial charge in [-0.3, -0.25) is 4.90 Å². The maximum absolute atomic E-state index is 5.83. The van der Waals surface area contributed by atoms with Gasteiger partial charge in [0.05, 0.1) is 0 Å². The van der Waals surface area contributed by atoms with Crippen molar-refractivity contribution in [3.05, 3.63) is 0 Å². The van der Waals surface area contributed by atoms with Gasteiger partial charge in [0.1, 0.15) is 0 Å². The van der Waals surface area contributed by atoms with E-state index in [0.717, 1.165) is 26.2 Å². The molecule has 5 heteroatoms. The second kappa shape index (κ2) is 11.2. The summed E-state index contributed by atoms with van der Waals surface area (Å²) < 4.78 is -0.113. The maximum Gasteiger partial charge on any atom is 0.0360 e. The van der Waals surface area contributed by atoms with Gasteiger partial charge in [0, 0.05) is 41.7 Å². The van der Waals surface area contributed by atoms with E-state index < -0.39 is 0 Å². The summed E-state index contributed by atoms with van der Waals surface area (Å²) in [4.78, 5) is 2.44. The first-order valence-corrected chi connectivity index (χ1v) is 9.61. The molecule has 0 fully saturated rings. The molecule has 1 unspecified atom stereocenters. The highest BCUT2D eigenvalue weighted by atomic mass is 32.1. The van der Waals surface area contributed by atoms with Crippen LogP contribution in [0.4, 0.5) is 0 Å². The van der Waals surface area contributed by atoms with Gasteiger partial charge in [0.25, 0.3) is 0 Å². The number of thiol groups is 2. The van der Waals surface area contributed by atoms with E-state index in [4.69, 9.17) is 31.0 Å². The molecule has 134 valence electrons. The molecule has 0 aromatic rings. The maximum atomic E-state index is 5.83. The third-order valence-electron chi connectivity index (χ3n) is 3.81. The van der Waals surface area contributed by atoms with E-state index in [-0.39, 0.29) is 9.49 Å². The standard InChI is InChI=1S/C17H39N3S2/c1-6-7-8-9-11-19-13-15(17(4,5)22)20(12-10-18)14-16(2,3)21/h15,19,21-22H,6-14,18H2,1-5H3. The molecule has 0 saturated heterocycles. The van der Waals surface area contributed by atoms with E-state index in [1.54, 1.807) is 0 Å². The van der Waals surface area contributed by atoms with Crippen LogP contribution in [0.2, 0.25) is 0 Å². The molecule has 3 nitrogen and oxygen atoms in total. The van der Waals surface area contributed by atoms with Crippen molar-refractivity contribution < 1.29 is 0 Å². The van der Waals surface area contributed by atoms with Gasteiger partial charge >= 0.3 is 0 Å². The first kappa shape index (κ1) is 22.6. The van der Waals surface area contributed by atoms with Crippen LogP contribution >= 0.6 is 25.3 Å². The first-order valence-electron chi connectivity index (χ1n) is 8.71. The fourth-order valence-corrected chi connectivity index (χ4v) is 3.19. The first-order chi connectivity index (χ1) is 10.1. The van der Waals surface area contributed by atoms with Crippen molar-refractivity contribution in [3.8, 4) is 0 Å². The van der Waals surface area contributed by atoms with Gasteiger partial charge in [0.15, 0.2) is 0 Å². The minimum Gasteiger partial charge on any atom is -0.329 e. The van der Waals surface area contributed by atoms with Crippen molar-refractivity contribution in [3.63, 3.8) is 0 Å². The van der Waals surface area contributed by atoms with Gasteiger partial charge in [0.2, 0.25) is 0 Å². The van der Waals surface area contributed by atoms with Crippen LogP contribution in [0.3, 0.4) is 0 Å². The predicted molar refractivity (Wildman–Crippen MR) is 108 cm³/mol. The number of nitrogens with two attached hydrogens (primary N) is 1. The summed E-state index contributed by atoms with van der Waals surface area (Å²) in [7, 11) is 0. The lowest BCUT2D eigenvalue weighted by molar-refractivity contribution is 0.159. The molecule has 3 N–H and O–H groups in total. The molecule has 0 radical (unpaired) electrons. The Bertz CT molecular complexity index is 272. The lowest BCUT2D eigenvalue weighted by Crippen LogP contribution is -2.56. The molecule has 0 aliphatic rings. The Labute approximate surface area is 150 Å². The van der Waals surface area contributed by atoms with Crippen molar-refractivity contribution in [2.24, 2.45) is 5.73 Å². The lowest BCUT2D eigenvalue weighted by atomic mass is 9.99. The van der Waals surface area contributed by atoms with Crippen LogP contribution in [-0.2, 0) is 0 Å². The minimum absolute atomic E-state index is 0.0342.